The molecule has 0 aliphatic rings. The minimum atomic E-state index is -0.492. The molecule has 0 spiro atoms. The van der Waals surface area contributed by atoms with Gasteiger partial charge in [-0.05, 0) is 26.0 Å². The van der Waals surface area contributed by atoms with E-state index in [1.54, 1.807) is 13.8 Å². The van der Waals surface area contributed by atoms with Crippen LogP contribution in [0.25, 0.3) is 0 Å². The summed E-state index contributed by atoms with van der Waals surface area (Å²) in [6.45, 7) is 3.91. The van der Waals surface area contributed by atoms with Crippen LogP contribution in [0.1, 0.15) is 22.8 Å². The smallest absolute Gasteiger partial charge is 0.254 e. The molecule has 0 unspecified atom stereocenters. The molecule has 0 aliphatic heterocycles. The summed E-state index contributed by atoms with van der Waals surface area (Å²) in [7, 11) is 0. The van der Waals surface area contributed by atoms with E-state index in [1.165, 1.54) is 17.0 Å². The van der Waals surface area contributed by atoms with Gasteiger partial charge in [0.25, 0.3) is 5.91 Å². The Morgan fingerprint density at radius 3 is 2.65 bits per heavy atom. The highest BCUT2D eigenvalue weighted by molar-refractivity contribution is 5.95. The van der Waals surface area contributed by atoms with Crippen LogP contribution in [-0.2, 0) is 0 Å². The van der Waals surface area contributed by atoms with Crippen molar-refractivity contribution in [2.75, 3.05) is 25.4 Å². The van der Waals surface area contributed by atoms with Crippen molar-refractivity contribution in [2.24, 2.45) is 0 Å². The number of anilines is 1. The minimum absolute atomic E-state index is 0.122. The average Bonchev–Trinajstić information content (AvgIpc) is 2.31. The van der Waals surface area contributed by atoms with Gasteiger partial charge in [0.15, 0.2) is 0 Å². The van der Waals surface area contributed by atoms with Gasteiger partial charge in [-0.3, -0.25) is 4.79 Å². The number of hydrogen-bond acceptors (Lipinski definition) is 3. The number of nitrogen functional groups attached to an aromatic ring is 1. The predicted octanol–water partition coefficient (Wildman–Crippen LogP) is 1.17. The lowest BCUT2D eigenvalue weighted by Gasteiger charge is -2.20. The molecule has 0 heterocycles. The Bertz CT molecular complexity index is 398. The Kier molecular flexibility index (Phi) is 4.45. The molecule has 0 aromatic heterocycles. The van der Waals surface area contributed by atoms with Gasteiger partial charge >= 0.3 is 0 Å². The first-order chi connectivity index (χ1) is 8.01. The highest BCUT2D eigenvalue weighted by Crippen LogP contribution is 2.18. The van der Waals surface area contributed by atoms with Crippen LogP contribution >= 0.6 is 0 Å². The maximum Gasteiger partial charge on any atom is 0.254 e. The number of nitrogens with two attached hydrogens (primary N) is 1. The number of aliphatic hydroxyl groups excluding tert-OH is 1. The van der Waals surface area contributed by atoms with Crippen molar-refractivity contribution >= 4 is 11.6 Å². The molecule has 1 aromatic carbocycles. The van der Waals surface area contributed by atoms with Crippen molar-refractivity contribution in [3.8, 4) is 0 Å². The fourth-order valence-electron chi connectivity index (χ4n) is 1.53. The van der Waals surface area contributed by atoms with E-state index in [0.29, 0.717) is 12.1 Å². The van der Waals surface area contributed by atoms with Gasteiger partial charge in [0, 0.05) is 29.9 Å². The number of likely N-dealkylation sites (N-methyl/N-ethyl adjacent to an activating group) is 1. The first-order valence-corrected chi connectivity index (χ1v) is 5.47. The molecule has 0 bridgehead atoms. The highest BCUT2D eigenvalue weighted by atomic mass is 19.1. The molecule has 17 heavy (non-hydrogen) atoms. The van der Waals surface area contributed by atoms with Crippen LogP contribution in [0, 0.1) is 12.7 Å². The maximum absolute atomic E-state index is 13.5. The highest BCUT2D eigenvalue weighted by Gasteiger charge is 2.16. The van der Waals surface area contributed by atoms with Gasteiger partial charge in [-0.25, -0.2) is 4.39 Å². The van der Waals surface area contributed by atoms with E-state index < -0.39 is 5.82 Å². The molecule has 3 N–H and O–H groups in total. The summed E-state index contributed by atoms with van der Waals surface area (Å²) in [4.78, 5) is 13.4. The van der Waals surface area contributed by atoms with Crippen molar-refractivity contribution in [2.45, 2.75) is 13.8 Å². The number of hydrogen-bond donors (Lipinski definition) is 2. The Hall–Kier alpha value is -1.62. The molecule has 1 amide bonds. The Morgan fingerprint density at radius 2 is 2.18 bits per heavy atom. The first kappa shape index (κ1) is 13.4. The quantitative estimate of drug-likeness (QED) is 0.776. The normalized spacial score (nSPS) is 10.4. The second-order valence-corrected chi connectivity index (χ2v) is 3.78. The molecule has 0 saturated heterocycles. The van der Waals surface area contributed by atoms with E-state index in [1.807, 2.05) is 0 Å². The number of nitrogens with zero attached hydrogens (tertiary/aromatic N) is 1. The third kappa shape index (κ3) is 2.94. The SMILES string of the molecule is CCN(CCO)C(=O)c1cc(N)c(C)c(F)c1. The Labute approximate surface area is 99.8 Å². The van der Waals surface area contributed by atoms with E-state index in [2.05, 4.69) is 0 Å². The topological polar surface area (TPSA) is 66.6 Å². The standard InChI is InChI=1S/C12H17FN2O2/c1-3-15(4-5-16)12(17)9-6-10(13)8(2)11(14)7-9/h6-7,16H,3-5,14H2,1-2H3. The molecule has 1 aromatic rings. The van der Waals surface area contributed by atoms with E-state index in [-0.39, 0.29) is 30.3 Å². The summed E-state index contributed by atoms with van der Waals surface area (Å²) >= 11 is 0. The first-order valence-electron chi connectivity index (χ1n) is 5.47. The van der Waals surface area contributed by atoms with E-state index in [4.69, 9.17) is 10.8 Å². The van der Waals surface area contributed by atoms with E-state index in [0.717, 1.165) is 0 Å². The lowest BCUT2D eigenvalue weighted by molar-refractivity contribution is 0.0731. The van der Waals surface area contributed by atoms with Crippen LogP contribution in [0.3, 0.4) is 0 Å². The van der Waals surface area contributed by atoms with Crippen molar-refractivity contribution in [3.05, 3.63) is 29.1 Å². The molecular weight excluding hydrogens is 223 g/mol. The summed E-state index contributed by atoms with van der Waals surface area (Å²) in [6, 6.07) is 2.63. The van der Waals surface area contributed by atoms with E-state index in [9.17, 15) is 9.18 Å². The lowest BCUT2D eigenvalue weighted by Crippen LogP contribution is -2.33. The summed E-state index contributed by atoms with van der Waals surface area (Å²) in [6.07, 6.45) is 0. The molecule has 0 fully saturated rings. The summed E-state index contributed by atoms with van der Waals surface area (Å²) in [5.41, 5.74) is 6.42. The third-order valence-electron chi connectivity index (χ3n) is 2.67. The van der Waals surface area contributed by atoms with Crippen molar-refractivity contribution < 1.29 is 14.3 Å². The zero-order chi connectivity index (χ0) is 13.0. The fourth-order valence-corrected chi connectivity index (χ4v) is 1.53. The number of rotatable bonds is 4. The molecule has 1 rings (SSSR count). The van der Waals surface area contributed by atoms with Gasteiger partial charge in [0.05, 0.1) is 6.61 Å². The number of halogens is 1. The largest absolute Gasteiger partial charge is 0.398 e. The lowest BCUT2D eigenvalue weighted by atomic mass is 10.1. The molecule has 0 radical (unpaired) electrons. The second-order valence-electron chi connectivity index (χ2n) is 3.78. The van der Waals surface area contributed by atoms with Crippen LogP contribution < -0.4 is 5.73 Å². The zero-order valence-electron chi connectivity index (χ0n) is 10.0. The van der Waals surface area contributed by atoms with Crippen molar-refractivity contribution in [1.82, 2.24) is 4.90 Å². The number of aliphatic hydroxyl groups is 1. The van der Waals surface area contributed by atoms with Crippen LogP contribution in [0.2, 0.25) is 0 Å². The monoisotopic (exact) mass is 240 g/mol. The average molecular weight is 240 g/mol. The van der Waals surface area contributed by atoms with Crippen LogP contribution in [0.5, 0.6) is 0 Å². The van der Waals surface area contributed by atoms with Gasteiger partial charge in [0.1, 0.15) is 5.82 Å². The maximum atomic E-state index is 13.5. The number of carbonyl (C=O) groups is 1. The van der Waals surface area contributed by atoms with Crippen molar-refractivity contribution in [3.63, 3.8) is 0 Å². The van der Waals surface area contributed by atoms with Crippen LogP contribution in [0.4, 0.5) is 10.1 Å². The predicted molar refractivity (Wildman–Crippen MR) is 64.2 cm³/mol. The number of amides is 1. The second kappa shape index (κ2) is 5.63. The van der Waals surface area contributed by atoms with E-state index >= 15 is 0 Å². The van der Waals surface area contributed by atoms with Gasteiger partial charge < -0.3 is 15.7 Å². The van der Waals surface area contributed by atoms with Gasteiger partial charge in [-0.1, -0.05) is 0 Å². The van der Waals surface area contributed by atoms with Gasteiger partial charge in [0.2, 0.25) is 0 Å². The molecule has 0 atom stereocenters. The number of benzene rings is 1. The van der Waals surface area contributed by atoms with Gasteiger partial charge in [-0.2, -0.15) is 0 Å². The summed E-state index contributed by atoms with van der Waals surface area (Å²) < 4.78 is 13.5. The Balaban J connectivity index is 3.03. The fraction of sp³-hybridized carbons (Fsp3) is 0.417. The summed E-state index contributed by atoms with van der Waals surface area (Å²) in [5.74, 6) is -0.819. The molecule has 0 aliphatic carbocycles. The zero-order valence-corrected chi connectivity index (χ0v) is 10.0. The molecule has 4 nitrogen and oxygen atoms in total. The molecular formula is C12H17FN2O2. The Morgan fingerprint density at radius 1 is 1.53 bits per heavy atom. The van der Waals surface area contributed by atoms with Crippen molar-refractivity contribution in [1.29, 1.82) is 0 Å². The third-order valence-corrected chi connectivity index (χ3v) is 2.67. The molecule has 5 heteroatoms. The molecule has 94 valence electrons. The van der Waals surface area contributed by atoms with Crippen LogP contribution in [-0.4, -0.2) is 35.6 Å². The van der Waals surface area contributed by atoms with Gasteiger partial charge in [-0.15, -0.1) is 0 Å². The minimum Gasteiger partial charge on any atom is -0.398 e. The summed E-state index contributed by atoms with van der Waals surface area (Å²) in [5, 5.41) is 8.82. The van der Waals surface area contributed by atoms with Crippen LogP contribution in [0.15, 0.2) is 12.1 Å². The molecule has 0 saturated carbocycles. The number of carbonyl (C=O) groups excluding carboxylic acids is 1.